The van der Waals surface area contributed by atoms with Crippen LogP contribution < -0.4 is 0 Å². The number of pyridine rings is 1. The normalized spacial score (nSPS) is 12.3. The summed E-state index contributed by atoms with van der Waals surface area (Å²) in [6.45, 7) is 6.01. The number of nitrogens with zero attached hydrogens (tertiary/aromatic N) is 1. The highest BCUT2D eigenvalue weighted by molar-refractivity contribution is 5.62. The minimum absolute atomic E-state index is 0.915. The van der Waals surface area contributed by atoms with Crippen molar-refractivity contribution in [3.63, 3.8) is 0 Å². The van der Waals surface area contributed by atoms with Gasteiger partial charge in [0.15, 0.2) is 0 Å². The first kappa shape index (κ1) is 9.78. The van der Waals surface area contributed by atoms with Crippen molar-refractivity contribution in [3.05, 3.63) is 35.3 Å². The molecule has 0 saturated heterocycles. The van der Waals surface area contributed by atoms with Crippen LogP contribution in [0.1, 0.15) is 25.1 Å². The van der Waals surface area contributed by atoms with E-state index in [0.717, 1.165) is 17.0 Å². The molecular weight excluding hydrogens is 162 g/mol. The molecule has 0 aliphatic rings. The van der Waals surface area contributed by atoms with Crippen molar-refractivity contribution < 1.29 is 4.74 Å². The molecule has 1 rings (SSSR count). The Labute approximate surface area is 79.3 Å². The third kappa shape index (κ3) is 2.31. The molecule has 0 bridgehead atoms. The van der Waals surface area contributed by atoms with Gasteiger partial charge in [0.1, 0.15) is 0 Å². The maximum Gasteiger partial charge on any atom is 0.0975 e. The molecule has 0 saturated carbocycles. The SMILES string of the molecule is CO/C(C)=C(/C)c1cc(C)ccn1. The van der Waals surface area contributed by atoms with Crippen LogP contribution in [0.3, 0.4) is 0 Å². The number of methoxy groups -OCH3 is 1. The molecule has 1 aromatic heterocycles. The van der Waals surface area contributed by atoms with Crippen LogP contribution >= 0.6 is 0 Å². The van der Waals surface area contributed by atoms with Crippen LogP contribution in [0.15, 0.2) is 24.1 Å². The van der Waals surface area contributed by atoms with Crippen molar-refractivity contribution >= 4 is 5.57 Å². The zero-order chi connectivity index (χ0) is 9.84. The van der Waals surface area contributed by atoms with Crippen LogP contribution in [-0.4, -0.2) is 12.1 Å². The van der Waals surface area contributed by atoms with E-state index in [1.807, 2.05) is 26.1 Å². The number of aromatic nitrogens is 1. The molecule has 0 radical (unpaired) electrons. The molecule has 0 atom stereocenters. The largest absolute Gasteiger partial charge is 0.501 e. The van der Waals surface area contributed by atoms with Gasteiger partial charge in [-0.3, -0.25) is 4.98 Å². The molecule has 0 N–H and O–H groups in total. The lowest BCUT2D eigenvalue weighted by Gasteiger charge is -2.06. The molecular formula is C11H15NO. The number of rotatable bonds is 2. The summed E-state index contributed by atoms with van der Waals surface area (Å²) >= 11 is 0. The second kappa shape index (κ2) is 4.08. The molecule has 0 amide bonds. The summed E-state index contributed by atoms with van der Waals surface area (Å²) in [5.74, 6) is 0.915. The fraction of sp³-hybridized carbons (Fsp3) is 0.364. The Kier molecular flexibility index (Phi) is 3.07. The molecule has 2 nitrogen and oxygen atoms in total. The molecule has 0 spiro atoms. The smallest absolute Gasteiger partial charge is 0.0975 e. The van der Waals surface area contributed by atoms with E-state index in [2.05, 4.69) is 18.0 Å². The Morgan fingerprint density at radius 2 is 2.08 bits per heavy atom. The number of hydrogen-bond donors (Lipinski definition) is 0. The fourth-order valence-electron chi connectivity index (χ4n) is 1.07. The lowest BCUT2D eigenvalue weighted by atomic mass is 10.1. The van der Waals surface area contributed by atoms with Crippen LogP contribution in [-0.2, 0) is 4.74 Å². The molecule has 1 heterocycles. The Balaban J connectivity index is 3.08. The Morgan fingerprint density at radius 1 is 1.38 bits per heavy atom. The first-order valence-electron chi connectivity index (χ1n) is 4.29. The number of hydrogen-bond acceptors (Lipinski definition) is 2. The maximum atomic E-state index is 5.15. The van der Waals surface area contributed by atoms with Gasteiger partial charge in [-0.05, 0) is 38.5 Å². The van der Waals surface area contributed by atoms with Crippen molar-refractivity contribution in [2.45, 2.75) is 20.8 Å². The van der Waals surface area contributed by atoms with Crippen molar-refractivity contribution in [2.24, 2.45) is 0 Å². The maximum absolute atomic E-state index is 5.15. The predicted octanol–water partition coefficient (Wildman–Crippen LogP) is 2.79. The van der Waals surface area contributed by atoms with E-state index < -0.39 is 0 Å². The molecule has 1 aromatic rings. The standard InChI is InChI=1S/C11H15NO/c1-8-5-6-12-11(7-8)9(2)10(3)13-4/h5-7H,1-4H3/b10-9-. The second-order valence-electron chi connectivity index (χ2n) is 3.10. The van der Waals surface area contributed by atoms with E-state index in [4.69, 9.17) is 4.74 Å². The first-order valence-corrected chi connectivity index (χ1v) is 4.29. The first-order chi connectivity index (χ1) is 6.15. The van der Waals surface area contributed by atoms with Gasteiger partial charge in [-0.2, -0.15) is 0 Å². The van der Waals surface area contributed by atoms with E-state index in [-0.39, 0.29) is 0 Å². The van der Waals surface area contributed by atoms with Gasteiger partial charge >= 0.3 is 0 Å². The molecule has 13 heavy (non-hydrogen) atoms. The quantitative estimate of drug-likeness (QED) is 0.648. The van der Waals surface area contributed by atoms with Crippen LogP contribution in [0, 0.1) is 6.92 Å². The van der Waals surface area contributed by atoms with Gasteiger partial charge < -0.3 is 4.74 Å². The monoisotopic (exact) mass is 177 g/mol. The average Bonchev–Trinajstić information content (AvgIpc) is 2.15. The van der Waals surface area contributed by atoms with Crippen molar-refractivity contribution in [3.8, 4) is 0 Å². The number of aryl methyl sites for hydroxylation is 1. The summed E-state index contributed by atoms with van der Waals surface area (Å²) in [5, 5.41) is 0. The van der Waals surface area contributed by atoms with Crippen LogP contribution in [0.25, 0.3) is 5.57 Å². The van der Waals surface area contributed by atoms with E-state index in [0.29, 0.717) is 0 Å². The van der Waals surface area contributed by atoms with Gasteiger partial charge in [0.05, 0.1) is 18.6 Å². The molecule has 70 valence electrons. The Hall–Kier alpha value is -1.31. The Morgan fingerprint density at radius 3 is 2.62 bits per heavy atom. The minimum atomic E-state index is 0.915. The zero-order valence-electron chi connectivity index (χ0n) is 8.59. The van der Waals surface area contributed by atoms with E-state index in [1.54, 1.807) is 7.11 Å². The highest BCUT2D eigenvalue weighted by atomic mass is 16.5. The third-order valence-electron chi connectivity index (χ3n) is 2.13. The highest BCUT2D eigenvalue weighted by Gasteiger charge is 2.01. The van der Waals surface area contributed by atoms with E-state index >= 15 is 0 Å². The van der Waals surface area contributed by atoms with Crippen LogP contribution in [0.5, 0.6) is 0 Å². The van der Waals surface area contributed by atoms with Gasteiger partial charge in [-0.1, -0.05) is 0 Å². The van der Waals surface area contributed by atoms with Crippen molar-refractivity contribution in [2.75, 3.05) is 7.11 Å². The van der Waals surface area contributed by atoms with Crippen molar-refractivity contribution in [1.82, 2.24) is 4.98 Å². The topological polar surface area (TPSA) is 22.1 Å². The fourth-order valence-corrected chi connectivity index (χ4v) is 1.07. The summed E-state index contributed by atoms with van der Waals surface area (Å²) in [7, 11) is 1.68. The molecule has 2 heteroatoms. The molecule has 0 fully saturated rings. The summed E-state index contributed by atoms with van der Waals surface area (Å²) in [4.78, 5) is 4.27. The molecule has 0 unspecified atom stereocenters. The van der Waals surface area contributed by atoms with Gasteiger partial charge in [0.2, 0.25) is 0 Å². The summed E-state index contributed by atoms with van der Waals surface area (Å²) < 4.78 is 5.15. The third-order valence-corrected chi connectivity index (χ3v) is 2.13. The minimum Gasteiger partial charge on any atom is -0.501 e. The summed E-state index contributed by atoms with van der Waals surface area (Å²) in [6, 6.07) is 4.04. The highest BCUT2D eigenvalue weighted by Crippen LogP contribution is 2.16. The van der Waals surface area contributed by atoms with E-state index in [1.165, 1.54) is 5.56 Å². The van der Waals surface area contributed by atoms with Gasteiger partial charge in [0.25, 0.3) is 0 Å². The second-order valence-corrected chi connectivity index (χ2v) is 3.10. The van der Waals surface area contributed by atoms with Gasteiger partial charge in [0, 0.05) is 11.8 Å². The average molecular weight is 177 g/mol. The lowest BCUT2D eigenvalue weighted by Crippen LogP contribution is -1.91. The lowest BCUT2D eigenvalue weighted by molar-refractivity contribution is 0.295. The van der Waals surface area contributed by atoms with Gasteiger partial charge in [-0.15, -0.1) is 0 Å². The number of allylic oxidation sites excluding steroid dienone is 2. The molecule has 0 aliphatic carbocycles. The predicted molar refractivity (Wildman–Crippen MR) is 54.3 cm³/mol. The van der Waals surface area contributed by atoms with Crippen molar-refractivity contribution in [1.29, 1.82) is 0 Å². The zero-order valence-corrected chi connectivity index (χ0v) is 8.59. The molecule has 0 aliphatic heterocycles. The number of ether oxygens (including phenoxy) is 1. The van der Waals surface area contributed by atoms with Crippen LogP contribution in [0.4, 0.5) is 0 Å². The summed E-state index contributed by atoms with van der Waals surface area (Å²) in [5.41, 5.74) is 3.29. The Bertz CT molecular complexity index is 329. The van der Waals surface area contributed by atoms with E-state index in [9.17, 15) is 0 Å². The summed E-state index contributed by atoms with van der Waals surface area (Å²) in [6.07, 6.45) is 1.82. The van der Waals surface area contributed by atoms with Crippen LogP contribution in [0.2, 0.25) is 0 Å². The molecule has 0 aromatic carbocycles. The van der Waals surface area contributed by atoms with Gasteiger partial charge in [-0.25, -0.2) is 0 Å².